The van der Waals surface area contributed by atoms with Crippen LogP contribution in [0.2, 0.25) is 0 Å². The molecule has 0 radical (unpaired) electrons. The van der Waals surface area contributed by atoms with E-state index in [1.54, 1.807) is 0 Å². The lowest BCUT2D eigenvalue weighted by atomic mass is 9.52. The summed E-state index contributed by atoms with van der Waals surface area (Å²) in [6.07, 6.45) is 6.68. The van der Waals surface area contributed by atoms with E-state index < -0.39 is 39.5 Å². The van der Waals surface area contributed by atoms with Gasteiger partial charge in [-0.15, -0.1) is 0 Å². The zero-order chi connectivity index (χ0) is 38.5. The zero-order valence-corrected chi connectivity index (χ0v) is 33.7. The third-order valence-electron chi connectivity index (χ3n) is 12.1. The van der Waals surface area contributed by atoms with E-state index in [0.717, 1.165) is 36.8 Å². The first kappa shape index (κ1) is 42.0. The molecule has 0 saturated carbocycles. The summed E-state index contributed by atoms with van der Waals surface area (Å²) in [5.74, 6) is -2.27. The summed E-state index contributed by atoms with van der Waals surface area (Å²) in [5.41, 5.74) is -0.716. The lowest BCUT2D eigenvalue weighted by Gasteiger charge is -2.63. The van der Waals surface area contributed by atoms with E-state index in [4.69, 9.17) is 9.68 Å². The molecule has 0 bridgehead atoms. The van der Waals surface area contributed by atoms with Gasteiger partial charge in [0, 0.05) is 39.5 Å². The number of hydroxylamine groups is 4. The Kier molecular flexibility index (Phi) is 13.5. The number of nitrogens with zero attached hydrogens (tertiary/aromatic N) is 2. The summed E-state index contributed by atoms with van der Waals surface area (Å²) in [7, 11) is 0. The molecule has 2 aliphatic rings. The Hall–Kier alpha value is -2.78. The summed E-state index contributed by atoms with van der Waals surface area (Å²) in [6, 6.07) is 20.4. The topological polar surface area (TPSA) is 105 Å². The van der Waals surface area contributed by atoms with Gasteiger partial charge in [-0.3, -0.25) is 9.68 Å². The van der Waals surface area contributed by atoms with Gasteiger partial charge in [0.2, 0.25) is 0 Å². The number of carbonyl (C=O) groups is 2. The molecule has 52 heavy (non-hydrogen) atoms. The van der Waals surface area contributed by atoms with Gasteiger partial charge in [-0.1, -0.05) is 86.3 Å². The maximum Gasteiger partial charge on any atom is 0.102 e. The Morgan fingerprint density at radius 1 is 0.635 bits per heavy atom. The fourth-order valence-corrected chi connectivity index (χ4v) is 10.1. The largest absolute Gasteiger partial charge is 0.550 e. The molecule has 0 N–H and O–H groups in total. The van der Waals surface area contributed by atoms with E-state index in [9.17, 15) is 19.8 Å². The minimum Gasteiger partial charge on any atom is -0.550 e. The van der Waals surface area contributed by atoms with Crippen LogP contribution < -0.4 is 10.2 Å². The monoisotopic (exact) mass is 718 g/mol. The minimum absolute atomic E-state index is 0.0599. The highest BCUT2D eigenvalue weighted by molar-refractivity contribution is 5.73. The lowest BCUT2D eigenvalue weighted by molar-refractivity contribution is -0.349. The molecule has 2 aromatic carbocycles. The number of carboxylic acid groups (broad SMARTS) is 2. The van der Waals surface area contributed by atoms with Crippen LogP contribution >= 0.6 is 0 Å². The van der Waals surface area contributed by atoms with Gasteiger partial charge in [-0.25, -0.2) is 0 Å². The van der Waals surface area contributed by atoms with Crippen LogP contribution in [0.1, 0.15) is 163 Å². The van der Waals surface area contributed by atoms with Gasteiger partial charge in [0.25, 0.3) is 0 Å². The zero-order valence-electron chi connectivity index (χ0n) is 33.7. The van der Waals surface area contributed by atoms with Crippen molar-refractivity contribution in [1.82, 2.24) is 10.1 Å². The Balaban J connectivity index is 1.66. The van der Waals surface area contributed by atoms with Crippen molar-refractivity contribution in [3.05, 3.63) is 71.8 Å². The molecule has 4 rings (SSSR count). The fraction of sp³-hybridized carbons (Fsp3) is 0.682. The van der Waals surface area contributed by atoms with E-state index in [1.165, 1.54) is 0 Å². The van der Waals surface area contributed by atoms with Crippen LogP contribution in [-0.4, -0.2) is 44.2 Å². The van der Waals surface area contributed by atoms with E-state index in [-0.39, 0.29) is 30.5 Å². The number of aliphatic carboxylic acids is 2. The average Bonchev–Trinajstić information content (AvgIpc) is 3.05. The van der Waals surface area contributed by atoms with E-state index in [0.29, 0.717) is 38.5 Å². The van der Waals surface area contributed by atoms with Gasteiger partial charge in [0.05, 0.1) is 0 Å². The van der Waals surface area contributed by atoms with E-state index >= 15 is 0 Å². The molecule has 2 atom stereocenters. The Morgan fingerprint density at radius 2 is 0.981 bits per heavy atom. The molecule has 290 valence electrons. The molecular weight excluding hydrogens is 652 g/mol. The second kappa shape index (κ2) is 16.7. The molecule has 0 spiro atoms. The molecule has 2 heterocycles. The summed E-state index contributed by atoms with van der Waals surface area (Å²) in [6.45, 7) is 21.6. The predicted octanol–water partition coefficient (Wildman–Crippen LogP) is 8.13. The molecule has 2 aliphatic heterocycles. The average molecular weight is 719 g/mol. The quantitative estimate of drug-likeness (QED) is 0.151. The van der Waals surface area contributed by atoms with Gasteiger partial charge in [-0.05, 0) is 137 Å². The van der Waals surface area contributed by atoms with Crippen molar-refractivity contribution >= 4 is 11.9 Å². The maximum absolute atomic E-state index is 14.1. The van der Waals surface area contributed by atoms with E-state index in [1.807, 2.05) is 36.4 Å². The Morgan fingerprint density at radius 3 is 1.33 bits per heavy atom. The second-order valence-electron chi connectivity index (χ2n) is 18.3. The fourth-order valence-electron chi connectivity index (χ4n) is 10.1. The van der Waals surface area contributed by atoms with Gasteiger partial charge >= 0.3 is 0 Å². The molecular formula is C44H66N2O6-2. The van der Waals surface area contributed by atoms with Crippen LogP contribution in [0, 0.1) is 17.3 Å². The van der Waals surface area contributed by atoms with Crippen molar-refractivity contribution in [3.63, 3.8) is 0 Å². The van der Waals surface area contributed by atoms with Crippen LogP contribution in [0.5, 0.6) is 0 Å². The normalized spacial score (nSPS) is 23.0. The van der Waals surface area contributed by atoms with Crippen molar-refractivity contribution in [1.29, 1.82) is 0 Å². The highest BCUT2D eigenvalue weighted by Gasteiger charge is 2.59. The van der Waals surface area contributed by atoms with Gasteiger partial charge < -0.3 is 19.8 Å². The number of piperidine rings is 2. The summed E-state index contributed by atoms with van der Waals surface area (Å²) in [4.78, 5) is 38.6. The number of carbonyl (C=O) groups excluding carboxylic acids is 2. The third kappa shape index (κ3) is 9.65. The van der Waals surface area contributed by atoms with Crippen molar-refractivity contribution in [2.45, 2.75) is 174 Å². The van der Waals surface area contributed by atoms with Crippen molar-refractivity contribution in [2.24, 2.45) is 17.3 Å². The Labute approximate surface area is 314 Å². The first-order valence-electron chi connectivity index (χ1n) is 19.7. The minimum atomic E-state index is -1.08. The van der Waals surface area contributed by atoms with Crippen LogP contribution in [0.15, 0.2) is 60.7 Å². The predicted molar refractivity (Wildman–Crippen MR) is 202 cm³/mol. The molecule has 2 saturated heterocycles. The molecule has 0 aromatic heterocycles. The van der Waals surface area contributed by atoms with Gasteiger partial charge in [0.15, 0.2) is 0 Å². The number of benzene rings is 2. The van der Waals surface area contributed by atoms with Crippen molar-refractivity contribution < 1.29 is 29.5 Å². The summed E-state index contributed by atoms with van der Waals surface area (Å²) in [5, 5.41) is 29.4. The first-order valence-corrected chi connectivity index (χ1v) is 19.7. The van der Waals surface area contributed by atoms with Crippen LogP contribution in [0.25, 0.3) is 0 Å². The molecule has 2 unspecified atom stereocenters. The molecule has 8 nitrogen and oxygen atoms in total. The number of unbranched alkanes of at least 4 members (excludes halogenated alkanes) is 4. The SMILES string of the molecule is CC(ON1C(C)(C)CC(C(CCCCCCCC(=O)[O-])(C(=O)[O-])C2CC(C)(C)N(OC(C)c3ccccc3)C(C)(C)C2)CC1(C)C)c1ccccc1. The summed E-state index contributed by atoms with van der Waals surface area (Å²) >= 11 is 0. The lowest BCUT2D eigenvalue weighted by Crippen LogP contribution is -2.68. The highest BCUT2D eigenvalue weighted by Crippen LogP contribution is 2.59. The van der Waals surface area contributed by atoms with Gasteiger partial charge in [-0.2, -0.15) is 10.1 Å². The smallest absolute Gasteiger partial charge is 0.102 e. The third-order valence-corrected chi connectivity index (χ3v) is 12.1. The van der Waals surface area contributed by atoms with Crippen LogP contribution in [0.3, 0.4) is 0 Å². The number of hydrogen-bond acceptors (Lipinski definition) is 8. The molecule has 2 fully saturated rings. The number of rotatable bonds is 17. The number of carboxylic acids is 2. The highest BCUT2D eigenvalue weighted by atomic mass is 16.7. The maximum atomic E-state index is 14.1. The Bertz CT molecular complexity index is 1330. The standard InChI is InChI=1S/C44H68N2O6/c1-32(34-22-16-14-17-23-34)51-45-40(3,4)28-36(29-41(45,5)6)44(39(49)50,27-21-13-11-12-20-26-38(47)48)37-30-42(7,8)46(43(9,10)31-37)52-33(2)35-24-18-15-19-25-35/h14-19,22-25,32-33,36-37H,11-13,20-21,26-31H2,1-10H3,(H,47,48)(H,49,50)/p-2. The molecule has 8 heteroatoms. The summed E-state index contributed by atoms with van der Waals surface area (Å²) < 4.78 is 0. The number of hydrogen-bond donors (Lipinski definition) is 0. The molecule has 0 aliphatic carbocycles. The van der Waals surface area contributed by atoms with Crippen molar-refractivity contribution in [3.8, 4) is 0 Å². The van der Waals surface area contributed by atoms with Crippen molar-refractivity contribution in [2.75, 3.05) is 0 Å². The first-order chi connectivity index (χ1) is 24.2. The van der Waals surface area contributed by atoms with Gasteiger partial charge in [0.1, 0.15) is 12.2 Å². The van der Waals surface area contributed by atoms with Crippen LogP contribution in [-0.2, 0) is 19.3 Å². The molecule has 2 aromatic rings. The second-order valence-corrected chi connectivity index (χ2v) is 18.3. The van der Waals surface area contributed by atoms with Crippen LogP contribution in [0.4, 0.5) is 0 Å². The van der Waals surface area contributed by atoms with E-state index in [2.05, 4.69) is 104 Å². The molecule has 0 amide bonds.